The lowest BCUT2D eigenvalue weighted by atomic mass is 10.0. The molecule has 0 unspecified atom stereocenters. The van der Waals surface area contributed by atoms with Crippen molar-refractivity contribution in [3.63, 3.8) is 0 Å². The molecule has 3 amide bonds. The summed E-state index contributed by atoms with van der Waals surface area (Å²) in [5.41, 5.74) is 0.682. The molecule has 2 aromatic carbocycles. The quantitative estimate of drug-likeness (QED) is 0.343. The fourth-order valence-corrected chi connectivity index (χ4v) is 5.09. The number of benzene rings is 2. The first-order valence-corrected chi connectivity index (χ1v) is 13.3. The van der Waals surface area contributed by atoms with Gasteiger partial charge in [-0.1, -0.05) is 62.4 Å². The molecule has 202 valence electrons. The van der Waals surface area contributed by atoms with Crippen LogP contribution < -0.4 is 15.4 Å². The second kappa shape index (κ2) is 13.6. The molecule has 0 spiro atoms. The molecule has 3 atom stereocenters. The minimum absolute atomic E-state index is 0.00237. The lowest BCUT2D eigenvalue weighted by Gasteiger charge is -2.30. The van der Waals surface area contributed by atoms with Gasteiger partial charge in [0.05, 0.1) is 5.88 Å². The van der Waals surface area contributed by atoms with E-state index in [-0.39, 0.29) is 30.6 Å². The number of nitrogens with one attached hydrogen (secondary N) is 2. The second-order valence-electron chi connectivity index (χ2n) is 9.13. The van der Waals surface area contributed by atoms with Gasteiger partial charge in [-0.15, -0.1) is 11.8 Å². The summed E-state index contributed by atoms with van der Waals surface area (Å²) < 4.78 is 5.46. The highest BCUT2D eigenvalue weighted by Gasteiger charge is 2.40. The molecule has 0 aliphatic carbocycles. The van der Waals surface area contributed by atoms with Gasteiger partial charge in [-0.3, -0.25) is 19.2 Å². The predicted octanol–water partition coefficient (Wildman–Crippen LogP) is 1.49. The van der Waals surface area contributed by atoms with Crippen molar-refractivity contribution in [3.05, 3.63) is 66.2 Å². The van der Waals surface area contributed by atoms with E-state index in [4.69, 9.17) is 4.74 Å². The number of Topliss-reactive ketones (excluding diaryl/α,β-unsaturated/α-hetero) is 1. The van der Waals surface area contributed by atoms with Crippen LogP contribution in [0.5, 0.6) is 5.75 Å². The number of carboxylic acid groups (broad SMARTS) is 1. The third-order valence-corrected chi connectivity index (χ3v) is 6.97. The third kappa shape index (κ3) is 7.82. The normalized spacial score (nSPS) is 16.4. The predicted molar refractivity (Wildman–Crippen MR) is 141 cm³/mol. The zero-order valence-electron chi connectivity index (χ0n) is 21.2. The summed E-state index contributed by atoms with van der Waals surface area (Å²) in [6.07, 6.45) is -0.00237. The summed E-state index contributed by atoms with van der Waals surface area (Å²) >= 11 is 1.35. The van der Waals surface area contributed by atoms with Gasteiger partial charge in [-0.25, -0.2) is 4.79 Å². The molecule has 2 aromatic rings. The minimum Gasteiger partial charge on any atom is -0.484 e. The van der Waals surface area contributed by atoms with Crippen molar-refractivity contribution in [2.75, 3.05) is 18.2 Å². The highest BCUT2D eigenvalue weighted by atomic mass is 32.2. The number of thioether (sulfide) groups is 1. The number of ketones is 1. The van der Waals surface area contributed by atoms with E-state index in [0.29, 0.717) is 11.3 Å². The van der Waals surface area contributed by atoms with E-state index in [9.17, 15) is 29.1 Å². The molecule has 0 saturated carbocycles. The van der Waals surface area contributed by atoms with Crippen molar-refractivity contribution in [1.82, 2.24) is 15.5 Å². The summed E-state index contributed by atoms with van der Waals surface area (Å²) in [5.74, 6) is -3.62. The number of para-hydroxylation sites is 1. The molecule has 1 aliphatic heterocycles. The van der Waals surface area contributed by atoms with Gasteiger partial charge in [0.15, 0.2) is 6.61 Å². The summed E-state index contributed by atoms with van der Waals surface area (Å²) in [5, 5.41) is 14.5. The lowest BCUT2D eigenvalue weighted by Crippen LogP contribution is -2.58. The summed E-state index contributed by atoms with van der Waals surface area (Å²) in [7, 11) is 0. The smallest absolute Gasteiger partial charge is 0.374 e. The first kappa shape index (κ1) is 28.7. The fraction of sp³-hybridized carbons (Fsp3) is 0.370. The SMILES string of the molecule is CC(C)[C@H](NC(=O)COc1ccccc1)C(=O)N1CSC[C@H]1C(=O)N[C@@H](Cc1ccccc1)C(=O)C(=O)O. The number of hydrogen-bond acceptors (Lipinski definition) is 7. The molecule has 3 N–H and O–H groups in total. The number of carboxylic acids is 1. The molecular formula is C27H31N3O7S. The number of ether oxygens (including phenoxy) is 1. The first-order valence-electron chi connectivity index (χ1n) is 12.1. The topological polar surface area (TPSA) is 142 Å². The highest BCUT2D eigenvalue weighted by molar-refractivity contribution is 7.99. The Labute approximate surface area is 225 Å². The van der Waals surface area contributed by atoms with E-state index in [2.05, 4.69) is 10.6 Å². The summed E-state index contributed by atoms with van der Waals surface area (Å²) in [6, 6.07) is 14.4. The molecule has 10 nitrogen and oxygen atoms in total. The Morgan fingerprint density at radius 3 is 2.24 bits per heavy atom. The van der Waals surface area contributed by atoms with Crippen LogP contribution in [0.25, 0.3) is 0 Å². The first-order chi connectivity index (χ1) is 18.2. The van der Waals surface area contributed by atoms with E-state index in [1.165, 1.54) is 16.7 Å². The van der Waals surface area contributed by atoms with Crippen molar-refractivity contribution in [1.29, 1.82) is 0 Å². The second-order valence-corrected chi connectivity index (χ2v) is 10.1. The molecule has 0 radical (unpaired) electrons. The Balaban J connectivity index is 1.67. The maximum atomic E-state index is 13.4. The van der Waals surface area contributed by atoms with Gasteiger partial charge in [0, 0.05) is 12.2 Å². The number of nitrogens with zero attached hydrogens (tertiary/aromatic N) is 1. The zero-order chi connectivity index (χ0) is 27.7. The van der Waals surface area contributed by atoms with Crippen LogP contribution in [0, 0.1) is 5.92 Å². The molecule has 3 rings (SSSR count). The van der Waals surface area contributed by atoms with Crippen LogP contribution in [0.15, 0.2) is 60.7 Å². The fourth-order valence-electron chi connectivity index (χ4n) is 3.93. The minimum atomic E-state index is -1.65. The van der Waals surface area contributed by atoms with Gasteiger partial charge >= 0.3 is 5.97 Å². The van der Waals surface area contributed by atoms with E-state index in [1.54, 1.807) is 68.4 Å². The Bertz CT molecular complexity index is 1140. The van der Waals surface area contributed by atoms with E-state index in [0.717, 1.165) is 0 Å². The van der Waals surface area contributed by atoms with Gasteiger partial charge < -0.3 is 25.4 Å². The van der Waals surface area contributed by atoms with Gasteiger partial charge in [0.2, 0.25) is 11.8 Å². The monoisotopic (exact) mass is 541 g/mol. The molecule has 0 aromatic heterocycles. The van der Waals surface area contributed by atoms with Crippen molar-refractivity contribution < 1.29 is 33.8 Å². The van der Waals surface area contributed by atoms with Crippen molar-refractivity contribution in [2.24, 2.45) is 5.92 Å². The van der Waals surface area contributed by atoms with Crippen LogP contribution in [0.3, 0.4) is 0 Å². The molecule has 0 bridgehead atoms. The Kier molecular flexibility index (Phi) is 10.3. The van der Waals surface area contributed by atoms with Gasteiger partial charge in [-0.05, 0) is 23.6 Å². The number of rotatable bonds is 12. The van der Waals surface area contributed by atoms with E-state index in [1.807, 2.05) is 6.07 Å². The van der Waals surface area contributed by atoms with Crippen LogP contribution in [0.1, 0.15) is 19.4 Å². The van der Waals surface area contributed by atoms with Gasteiger partial charge in [0.1, 0.15) is 23.9 Å². The Morgan fingerprint density at radius 1 is 1.00 bits per heavy atom. The Hall–Kier alpha value is -3.86. The number of amides is 3. The number of hydrogen-bond donors (Lipinski definition) is 3. The molecule has 38 heavy (non-hydrogen) atoms. The molecule has 11 heteroatoms. The molecule has 1 heterocycles. The van der Waals surface area contributed by atoms with Crippen LogP contribution in [-0.4, -0.2) is 75.8 Å². The lowest BCUT2D eigenvalue weighted by molar-refractivity contribution is -0.150. The van der Waals surface area contributed by atoms with Crippen molar-refractivity contribution >= 4 is 41.2 Å². The number of carbonyl (C=O) groups excluding carboxylic acids is 4. The van der Waals surface area contributed by atoms with E-state index < -0.39 is 47.6 Å². The third-order valence-electron chi connectivity index (χ3n) is 5.96. The van der Waals surface area contributed by atoms with Gasteiger partial charge in [-0.2, -0.15) is 0 Å². The maximum absolute atomic E-state index is 13.4. The van der Waals surface area contributed by atoms with Gasteiger partial charge in [0.25, 0.3) is 11.7 Å². The zero-order valence-corrected chi connectivity index (χ0v) is 22.0. The van der Waals surface area contributed by atoms with E-state index >= 15 is 0 Å². The van der Waals surface area contributed by atoms with Crippen LogP contribution >= 0.6 is 11.8 Å². The largest absolute Gasteiger partial charge is 0.484 e. The van der Waals surface area contributed by atoms with Crippen molar-refractivity contribution in [3.8, 4) is 5.75 Å². The van der Waals surface area contributed by atoms with Crippen LogP contribution in [0.2, 0.25) is 0 Å². The highest BCUT2D eigenvalue weighted by Crippen LogP contribution is 2.24. The molecule has 1 fully saturated rings. The molecule has 1 aliphatic rings. The standard InChI is InChI=1S/C27H31N3O7S/c1-17(2)23(29-22(31)14-37-19-11-7-4-8-12-19)26(34)30-16-38-15-21(30)25(33)28-20(24(32)27(35)36)13-18-9-5-3-6-10-18/h3-12,17,20-21,23H,13-16H2,1-2H3,(H,28,33)(H,29,31)(H,35,36)/t20-,21-,23-/m0/s1. The van der Waals surface area contributed by atoms with Crippen LogP contribution in [0.4, 0.5) is 0 Å². The maximum Gasteiger partial charge on any atom is 0.374 e. The number of carbonyl (C=O) groups is 5. The molecule has 1 saturated heterocycles. The average Bonchev–Trinajstić information content (AvgIpc) is 3.40. The summed E-state index contributed by atoms with van der Waals surface area (Å²) in [4.78, 5) is 64.3. The number of aliphatic carboxylic acids is 1. The summed E-state index contributed by atoms with van der Waals surface area (Å²) in [6.45, 7) is 3.28. The average molecular weight is 542 g/mol. The van der Waals surface area contributed by atoms with Crippen LogP contribution in [-0.2, 0) is 30.4 Å². The molecular weight excluding hydrogens is 510 g/mol. The Morgan fingerprint density at radius 2 is 1.63 bits per heavy atom. The van der Waals surface area contributed by atoms with Crippen molar-refractivity contribution in [2.45, 2.75) is 38.4 Å².